The molecule has 8 heavy (non-hydrogen) atoms. The van der Waals surface area contributed by atoms with Gasteiger partial charge in [0.1, 0.15) is 6.26 Å². The third kappa shape index (κ3) is 0.881. The first-order chi connectivity index (χ1) is 3.93. The molecule has 0 fully saturated rings. The van der Waals surface area contributed by atoms with Gasteiger partial charge in [-0.2, -0.15) is 0 Å². The zero-order valence-corrected chi connectivity index (χ0v) is 4.29. The number of hydrogen-bond donors (Lipinski definition) is 0. The van der Waals surface area contributed by atoms with Gasteiger partial charge in [0.25, 0.3) is 0 Å². The molecule has 1 aromatic heterocycles. The van der Waals surface area contributed by atoms with Gasteiger partial charge >= 0.3 is 0 Å². The van der Waals surface area contributed by atoms with Gasteiger partial charge in [0, 0.05) is 0 Å². The van der Waals surface area contributed by atoms with E-state index in [9.17, 15) is 0 Å². The van der Waals surface area contributed by atoms with E-state index in [-0.39, 0.29) is 0 Å². The van der Waals surface area contributed by atoms with Crippen molar-refractivity contribution in [1.29, 1.82) is 0 Å². The maximum atomic E-state index is 4.97. The van der Waals surface area contributed by atoms with E-state index in [4.69, 9.17) is 10.8 Å². The van der Waals surface area contributed by atoms with Crippen molar-refractivity contribution in [3.63, 3.8) is 0 Å². The summed E-state index contributed by atoms with van der Waals surface area (Å²) >= 11 is 0. The number of nitrogens with zero attached hydrogens (tertiary/aromatic N) is 1. The molecule has 0 radical (unpaired) electrons. The minimum atomic E-state index is 0.479. The predicted octanol–water partition coefficient (Wildman–Crippen LogP) is 0.850. The summed E-state index contributed by atoms with van der Waals surface area (Å²) < 4.78 is 4.82. The summed E-state index contributed by atoms with van der Waals surface area (Å²) in [6.07, 6.45) is 8.53. The van der Waals surface area contributed by atoms with Crippen molar-refractivity contribution in [1.82, 2.24) is 4.98 Å². The molecule has 0 saturated heterocycles. The summed E-state index contributed by atoms with van der Waals surface area (Å²) in [6, 6.07) is 0. The lowest BCUT2D eigenvalue weighted by Gasteiger charge is -1.77. The average Bonchev–Trinajstić information content (AvgIpc) is 2.19. The SMILES string of the molecule is C#CCc1ncco1. The highest BCUT2D eigenvalue weighted by Gasteiger charge is 1.89. The molecule has 0 aliphatic rings. The first kappa shape index (κ1) is 4.92. The second-order valence-electron chi connectivity index (χ2n) is 1.31. The van der Waals surface area contributed by atoms with E-state index in [1.54, 1.807) is 6.20 Å². The van der Waals surface area contributed by atoms with Crippen LogP contribution >= 0.6 is 0 Å². The molecule has 0 amide bonds. The highest BCUT2D eigenvalue weighted by atomic mass is 16.3. The molecule has 0 unspecified atom stereocenters. The van der Waals surface area contributed by atoms with Gasteiger partial charge in [-0.1, -0.05) is 5.92 Å². The first-order valence-corrected chi connectivity index (χ1v) is 2.25. The molecule has 0 spiro atoms. The Morgan fingerprint density at radius 2 is 2.75 bits per heavy atom. The van der Waals surface area contributed by atoms with Crippen LogP contribution in [0.4, 0.5) is 0 Å². The zero-order valence-electron chi connectivity index (χ0n) is 4.29. The molecule has 40 valence electrons. The summed E-state index contributed by atoms with van der Waals surface area (Å²) in [5, 5.41) is 0. The largest absolute Gasteiger partial charge is 0.448 e. The van der Waals surface area contributed by atoms with Gasteiger partial charge in [0.05, 0.1) is 12.6 Å². The van der Waals surface area contributed by atoms with Crippen molar-refractivity contribution in [2.75, 3.05) is 0 Å². The van der Waals surface area contributed by atoms with Crippen LogP contribution in [0.2, 0.25) is 0 Å². The molecule has 1 aromatic rings. The van der Waals surface area contributed by atoms with E-state index in [1.807, 2.05) is 0 Å². The lowest BCUT2D eigenvalue weighted by atomic mass is 10.5. The topological polar surface area (TPSA) is 26.0 Å². The van der Waals surface area contributed by atoms with Crippen molar-refractivity contribution in [3.8, 4) is 12.3 Å². The van der Waals surface area contributed by atoms with Gasteiger partial charge in [-0.3, -0.25) is 0 Å². The van der Waals surface area contributed by atoms with Crippen LogP contribution in [0.15, 0.2) is 16.9 Å². The standard InChI is InChI=1S/C6H5NO/c1-2-3-6-7-4-5-8-6/h1,4-5H,3H2. The summed E-state index contributed by atoms with van der Waals surface area (Å²) in [6.45, 7) is 0. The molecule has 0 saturated carbocycles. The maximum Gasteiger partial charge on any atom is 0.205 e. The predicted molar refractivity (Wildman–Crippen MR) is 29.0 cm³/mol. The van der Waals surface area contributed by atoms with Crippen molar-refractivity contribution < 1.29 is 4.42 Å². The molecule has 1 rings (SSSR count). The lowest BCUT2D eigenvalue weighted by molar-refractivity contribution is 0.511. The van der Waals surface area contributed by atoms with E-state index < -0.39 is 0 Å². The average molecular weight is 107 g/mol. The smallest absolute Gasteiger partial charge is 0.205 e. The second-order valence-corrected chi connectivity index (χ2v) is 1.31. The Morgan fingerprint density at radius 1 is 1.88 bits per heavy atom. The Morgan fingerprint density at radius 3 is 3.25 bits per heavy atom. The molecular formula is C6H5NO. The summed E-state index contributed by atoms with van der Waals surface area (Å²) in [5.74, 6) is 3.02. The number of rotatable bonds is 1. The third-order valence-electron chi connectivity index (χ3n) is 0.737. The quantitative estimate of drug-likeness (QED) is 0.497. The molecular weight excluding hydrogens is 102 g/mol. The van der Waals surface area contributed by atoms with Gasteiger partial charge in [0.2, 0.25) is 5.89 Å². The monoisotopic (exact) mass is 107 g/mol. The Hall–Kier alpha value is -1.23. The van der Waals surface area contributed by atoms with Gasteiger partial charge in [-0.15, -0.1) is 6.42 Å². The van der Waals surface area contributed by atoms with E-state index in [2.05, 4.69) is 10.9 Å². The van der Waals surface area contributed by atoms with Crippen molar-refractivity contribution in [2.24, 2.45) is 0 Å². The third-order valence-corrected chi connectivity index (χ3v) is 0.737. The minimum Gasteiger partial charge on any atom is -0.448 e. The van der Waals surface area contributed by atoms with E-state index in [0.717, 1.165) is 0 Å². The number of terminal acetylenes is 1. The van der Waals surface area contributed by atoms with Crippen LogP contribution in [0.5, 0.6) is 0 Å². The fraction of sp³-hybridized carbons (Fsp3) is 0.167. The Labute approximate surface area is 47.5 Å². The molecule has 0 N–H and O–H groups in total. The van der Waals surface area contributed by atoms with Crippen molar-refractivity contribution >= 4 is 0 Å². The maximum absolute atomic E-state index is 4.97. The van der Waals surface area contributed by atoms with E-state index in [1.165, 1.54) is 6.26 Å². The molecule has 0 aliphatic heterocycles. The highest BCUT2D eigenvalue weighted by Crippen LogP contribution is 1.92. The molecule has 0 aliphatic carbocycles. The van der Waals surface area contributed by atoms with Crippen LogP contribution in [0.25, 0.3) is 0 Å². The van der Waals surface area contributed by atoms with Crippen LogP contribution in [0, 0.1) is 12.3 Å². The van der Waals surface area contributed by atoms with Crippen LogP contribution < -0.4 is 0 Å². The fourth-order valence-corrected chi connectivity index (χ4v) is 0.428. The zero-order chi connectivity index (χ0) is 5.82. The molecule has 0 atom stereocenters. The Balaban J connectivity index is 2.67. The number of hydrogen-bond acceptors (Lipinski definition) is 2. The summed E-state index contributed by atoms with van der Waals surface area (Å²) in [5.41, 5.74) is 0. The fourth-order valence-electron chi connectivity index (χ4n) is 0.428. The van der Waals surface area contributed by atoms with E-state index in [0.29, 0.717) is 12.3 Å². The van der Waals surface area contributed by atoms with Crippen molar-refractivity contribution in [2.45, 2.75) is 6.42 Å². The van der Waals surface area contributed by atoms with Gasteiger partial charge in [0.15, 0.2) is 0 Å². The van der Waals surface area contributed by atoms with Gasteiger partial charge in [-0.05, 0) is 0 Å². The van der Waals surface area contributed by atoms with Crippen LogP contribution in [-0.4, -0.2) is 4.98 Å². The van der Waals surface area contributed by atoms with E-state index >= 15 is 0 Å². The van der Waals surface area contributed by atoms with Gasteiger partial charge < -0.3 is 4.42 Å². The summed E-state index contributed by atoms with van der Waals surface area (Å²) in [7, 11) is 0. The number of aromatic nitrogens is 1. The minimum absolute atomic E-state index is 0.479. The Kier molecular flexibility index (Phi) is 1.34. The Bertz CT molecular complexity index is 183. The molecule has 2 heteroatoms. The molecule has 2 nitrogen and oxygen atoms in total. The normalized spacial score (nSPS) is 8.38. The van der Waals surface area contributed by atoms with Crippen molar-refractivity contribution in [3.05, 3.63) is 18.4 Å². The van der Waals surface area contributed by atoms with Crippen LogP contribution in [0.1, 0.15) is 5.89 Å². The second kappa shape index (κ2) is 2.17. The summed E-state index contributed by atoms with van der Waals surface area (Å²) in [4.78, 5) is 3.80. The first-order valence-electron chi connectivity index (χ1n) is 2.25. The number of oxazole rings is 1. The molecule has 0 bridgehead atoms. The molecule has 1 heterocycles. The lowest BCUT2D eigenvalue weighted by Crippen LogP contribution is -1.76. The van der Waals surface area contributed by atoms with Crippen LogP contribution in [-0.2, 0) is 6.42 Å². The highest BCUT2D eigenvalue weighted by molar-refractivity contribution is 4.96. The van der Waals surface area contributed by atoms with Gasteiger partial charge in [-0.25, -0.2) is 4.98 Å². The van der Waals surface area contributed by atoms with Crippen LogP contribution in [0.3, 0.4) is 0 Å². The molecule has 0 aromatic carbocycles.